The highest BCUT2D eigenvalue weighted by atomic mass is 79.9. The molecule has 0 fully saturated rings. The van der Waals surface area contributed by atoms with Crippen LogP contribution in [-0.2, 0) is 15.9 Å². The summed E-state index contributed by atoms with van der Waals surface area (Å²) < 4.78 is 42.2. The predicted octanol–water partition coefficient (Wildman–Crippen LogP) is 1.98. The van der Waals surface area contributed by atoms with Crippen LogP contribution >= 0.6 is 15.9 Å². The molecular formula is C7H6BrFO3S. The van der Waals surface area contributed by atoms with Crippen molar-refractivity contribution in [2.24, 2.45) is 0 Å². The Morgan fingerprint density at radius 2 is 2.08 bits per heavy atom. The molecule has 1 N–H and O–H groups in total. The molecule has 1 aromatic carbocycles. The van der Waals surface area contributed by atoms with Gasteiger partial charge in [-0.3, -0.25) is 4.55 Å². The summed E-state index contributed by atoms with van der Waals surface area (Å²) in [4.78, 5) is 0. The van der Waals surface area contributed by atoms with Gasteiger partial charge in [-0.2, -0.15) is 8.42 Å². The Morgan fingerprint density at radius 3 is 2.54 bits per heavy atom. The van der Waals surface area contributed by atoms with E-state index in [0.717, 1.165) is 6.07 Å². The fourth-order valence-electron chi connectivity index (χ4n) is 0.840. The molecule has 3 nitrogen and oxygen atoms in total. The van der Waals surface area contributed by atoms with Crippen LogP contribution in [0.15, 0.2) is 22.7 Å². The molecular weight excluding hydrogens is 263 g/mol. The summed E-state index contributed by atoms with van der Waals surface area (Å²) in [5.74, 6) is -0.981. The molecule has 1 rings (SSSR count). The van der Waals surface area contributed by atoms with Gasteiger partial charge >= 0.3 is 0 Å². The van der Waals surface area contributed by atoms with Gasteiger partial charge in [-0.25, -0.2) is 4.39 Å². The Labute approximate surface area is 83.5 Å². The molecule has 0 saturated carbocycles. The summed E-state index contributed by atoms with van der Waals surface area (Å²) in [6, 6.07) is 3.74. The number of hydrogen-bond acceptors (Lipinski definition) is 2. The summed E-state index contributed by atoms with van der Waals surface area (Å²) in [7, 11) is -4.05. The zero-order chi connectivity index (χ0) is 10.1. The van der Waals surface area contributed by atoms with Crippen LogP contribution in [0.1, 0.15) is 5.56 Å². The van der Waals surface area contributed by atoms with E-state index in [1.165, 1.54) is 12.1 Å². The minimum absolute atomic E-state index is 0.175. The van der Waals surface area contributed by atoms with Gasteiger partial charge in [0.25, 0.3) is 10.1 Å². The standard InChI is InChI=1S/C7H6BrFO3S/c8-6-3-5(1-2-7(6)9)4-13(10,11)12/h1-3H,4H2,(H,10,11,12). The summed E-state index contributed by atoms with van der Waals surface area (Å²) in [5.41, 5.74) is 0.329. The zero-order valence-corrected chi connectivity index (χ0v) is 8.77. The molecule has 0 bridgehead atoms. The van der Waals surface area contributed by atoms with E-state index in [1.807, 2.05) is 0 Å². The van der Waals surface area contributed by atoms with Crippen LogP contribution in [0.2, 0.25) is 0 Å². The molecule has 0 aromatic heterocycles. The van der Waals surface area contributed by atoms with Crippen LogP contribution in [0.5, 0.6) is 0 Å². The largest absolute Gasteiger partial charge is 0.285 e. The fourth-order valence-corrected chi connectivity index (χ4v) is 1.87. The molecule has 0 radical (unpaired) electrons. The van der Waals surface area contributed by atoms with E-state index in [0.29, 0.717) is 5.56 Å². The van der Waals surface area contributed by atoms with E-state index in [1.54, 1.807) is 0 Å². The number of benzene rings is 1. The average Bonchev–Trinajstić information content (AvgIpc) is 1.94. The first kappa shape index (κ1) is 10.6. The second-order valence-corrected chi connectivity index (χ2v) is 4.78. The lowest BCUT2D eigenvalue weighted by Crippen LogP contribution is -2.01. The Morgan fingerprint density at radius 1 is 1.46 bits per heavy atom. The van der Waals surface area contributed by atoms with Crippen molar-refractivity contribution in [3.05, 3.63) is 34.1 Å². The van der Waals surface area contributed by atoms with Crippen molar-refractivity contribution in [2.75, 3.05) is 0 Å². The van der Waals surface area contributed by atoms with Crippen LogP contribution in [-0.4, -0.2) is 13.0 Å². The van der Waals surface area contributed by atoms with E-state index in [9.17, 15) is 12.8 Å². The van der Waals surface area contributed by atoms with Crippen molar-refractivity contribution >= 4 is 26.0 Å². The second kappa shape index (κ2) is 3.73. The van der Waals surface area contributed by atoms with Crippen LogP contribution < -0.4 is 0 Å². The number of halogens is 2. The van der Waals surface area contributed by atoms with Gasteiger partial charge in [0.1, 0.15) is 11.6 Å². The zero-order valence-electron chi connectivity index (χ0n) is 6.37. The monoisotopic (exact) mass is 268 g/mol. The summed E-state index contributed by atoms with van der Waals surface area (Å²) in [6.45, 7) is 0. The van der Waals surface area contributed by atoms with Gasteiger partial charge in [0.15, 0.2) is 0 Å². The second-order valence-electron chi connectivity index (χ2n) is 2.47. The molecule has 0 atom stereocenters. The minimum atomic E-state index is -4.05. The molecule has 0 aliphatic heterocycles. The first-order chi connectivity index (χ1) is 5.88. The van der Waals surface area contributed by atoms with E-state index < -0.39 is 21.7 Å². The molecule has 0 saturated heterocycles. The van der Waals surface area contributed by atoms with Gasteiger partial charge in [0.05, 0.1) is 4.47 Å². The van der Waals surface area contributed by atoms with Gasteiger partial charge in [-0.15, -0.1) is 0 Å². The van der Waals surface area contributed by atoms with Crippen LogP contribution in [0.3, 0.4) is 0 Å². The van der Waals surface area contributed by atoms with E-state index in [2.05, 4.69) is 15.9 Å². The smallest absolute Gasteiger partial charge is 0.269 e. The Kier molecular flexibility index (Phi) is 3.05. The molecule has 0 aliphatic rings. The van der Waals surface area contributed by atoms with E-state index in [4.69, 9.17) is 4.55 Å². The molecule has 13 heavy (non-hydrogen) atoms. The predicted molar refractivity (Wildman–Crippen MR) is 49.4 cm³/mol. The highest BCUT2D eigenvalue weighted by molar-refractivity contribution is 9.10. The first-order valence-electron chi connectivity index (χ1n) is 3.27. The van der Waals surface area contributed by atoms with E-state index >= 15 is 0 Å². The molecule has 0 spiro atoms. The first-order valence-corrected chi connectivity index (χ1v) is 5.68. The molecule has 0 heterocycles. The lowest BCUT2D eigenvalue weighted by Gasteiger charge is -1.99. The molecule has 72 valence electrons. The Hall–Kier alpha value is -0.460. The van der Waals surface area contributed by atoms with Crippen LogP contribution in [0.4, 0.5) is 4.39 Å². The van der Waals surface area contributed by atoms with Crippen molar-refractivity contribution in [3.8, 4) is 0 Å². The quantitative estimate of drug-likeness (QED) is 0.835. The maximum atomic E-state index is 12.7. The maximum absolute atomic E-state index is 12.7. The van der Waals surface area contributed by atoms with Crippen molar-refractivity contribution in [2.45, 2.75) is 5.75 Å². The summed E-state index contributed by atoms with van der Waals surface area (Å²) in [5, 5.41) is 0. The van der Waals surface area contributed by atoms with E-state index in [-0.39, 0.29) is 4.47 Å². The highest BCUT2D eigenvalue weighted by Crippen LogP contribution is 2.17. The van der Waals surface area contributed by atoms with Crippen molar-refractivity contribution in [1.29, 1.82) is 0 Å². The molecule has 0 aliphatic carbocycles. The SMILES string of the molecule is O=S(=O)(O)Cc1ccc(F)c(Br)c1. The van der Waals surface area contributed by atoms with Gasteiger partial charge in [-0.05, 0) is 33.6 Å². The highest BCUT2D eigenvalue weighted by Gasteiger charge is 2.08. The number of hydrogen-bond donors (Lipinski definition) is 1. The number of rotatable bonds is 2. The third-order valence-electron chi connectivity index (χ3n) is 1.33. The molecule has 1 aromatic rings. The lowest BCUT2D eigenvalue weighted by atomic mass is 10.2. The van der Waals surface area contributed by atoms with Crippen molar-refractivity contribution in [3.63, 3.8) is 0 Å². The Balaban J connectivity index is 2.99. The molecule has 0 unspecified atom stereocenters. The lowest BCUT2D eigenvalue weighted by molar-refractivity contribution is 0.482. The van der Waals surface area contributed by atoms with Crippen molar-refractivity contribution < 1.29 is 17.4 Å². The van der Waals surface area contributed by atoms with Gasteiger partial charge in [0.2, 0.25) is 0 Å². The summed E-state index contributed by atoms with van der Waals surface area (Å²) >= 11 is 2.90. The Bertz CT molecular complexity index is 416. The van der Waals surface area contributed by atoms with Crippen LogP contribution in [0, 0.1) is 5.82 Å². The molecule has 0 amide bonds. The average molecular weight is 269 g/mol. The topological polar surface area (TPSA) is 54.4 Å². The van der Waals surface area contributed by atoms with Gasteiger partial charge in [0, 0.05) is 0 Å². The third kappa shape index (κ3) is 3.41. The minimum Gasteiger partial charge on any atom is -0.285 e. The maximum Gasteiger partial charge on any atom is 0.269 e. The van der Waals surface area contributed by atoms with Crippen LogP contribution in [0.25, 0.3) is 0 Å². The molecule has 6 heteroatoms. The van der Waals surface area contributed by atoms with Gasteiger partial charge in [-0.1, -0.05) is 6.07 Å². The normalized spacial score (nSPS) is 11.6. The third-order valence-corrected chi connectivity index (χ3v) is 2.64. The van der Waals surface area contributed by atoms with Crippen molar-refractivity contribution in [1.82, 2.24) is 0 Å². The fraction of sp³-hybridized carbons (Fsp3) is 0.143. The summed E-state index contributed by atoms with van der Waals surface area (Å²) in [6.07, 6.45) is 0. The van der Waals surface area contributed by atoms with Gasteiger partial charge < -0.3 is 0 Å².